The molecule has 1 saturated heterocycles. The number of hydrogen-bond acceptors (Lipinski definition) is 7. The van der Waals surface area contributed by atoms with Gasteiger partial charge in [-0.05, 0) is 41.8 Å². The van der Waals surface area contributed by atoms with Gasteiger partial charge in [0.1, 0.15) is 11.5 Å². The van der Waals surface area contributed by atoms with Crippen LogP contribution < -0.4 is 19.1 Å². The molecule has 7 nitrogen and oxygen atoms in total. The molecule has 0 N–H and O–H groups in total. The first kappa shape index (κ1) is 27.7. The van der Waals surface area contributed by atoms with E-state index in [-0.39, 0.29) is 17.3 Å². The monoisotopic (exact) mass is 585 g/mol. The minimum Gasteiger partial charge on any atom is -0.493 e. The van der Waals surface area contributed by atoms with E-state index in [4.69, 9.17) is 14.2 Å². The van der Waals surface area contributed by atoms with Crippen LogP contribution in [0.1, 0.15) is 53.7 Å². The van der Waals surface area contributed by atoms with Crippen LogP contribution >= 0.6 is 0 Å². The largest absolute Gasteiger partial charge is 0.493 e. The van der Waals surface area contributed by atoms with Crippen molar-refractivity contribution in [2.24, 2.45) is 5.41 Å². The van der Waals surface area contributed by atoms with E-state index in [1.165, 1.54) is 21.3 Å². The van der Waals surface area contributed by atoms with Crippen molar-refractivity contribution in [3.8, 4) is 17.2 Å². The SMILES string of the molecule is COc1cc(C2C(C(=O)c3ccccc3)N3c4cc(C)ccc4C=CC3C23C(=O)c2ccccc2C3=O)cc(OC)c1OC. The van der Waals surface area contributed by atoms with Crippen LogP contribution in [0.4, 0.5) is 5.69 Å². The number of benzene rings is 4. The number of nitrogens with zero attached hydrogens (tertiary/aromatic N) is 1. The number of rotatable bonds is 6. The van der Waals surface area contributed by atoms with Gasteiger partial charge in [0, 0.05) is 28.3 Å². The van der Waals surface area contributed by atoms with Crippen LogP contribution in [0.15, 0.2) is 91.0 Å². The minimum absolute atomic E-state index is 0.189. The van der Waals surface area contributed by atoms with Crippen LogP contribution in [0.25, 0.3) is 6.08 Å². The fourth-order valence-corrected chi connectivity index (χ4v) is 7.50. The molecular weight excluding hydrogens is 554 g/mol. The van der Waals surface area contributed by atoms with E-state index in [1.807, 2.05) is 60.4 Å². The molecule has 0 aromatic heterocycles. The lowest BCUT2D eigenvalue weighted by Gasteiger charge is -2.37. The van der Waals surface area contributed by atoms with Crippen molar-refractivity contribution in [1.29, 1.82) is 0 Å². The zero-order valence-electron chi connectivity index (χ0n) is 24.9. The summed E-state index contributed by atoms with van der Waals surface area (Å²) in [5, 5.41) is 0. The van der Waals surface area contributed by atoms with Gasteiger partial charge in [-0.2, -0.15) is 0 Å². The molecule has 44 heavy (non-hydrogen) atoms. The Morgan fingerprint density at radius 3 is 1.98 bits per heavy atom. The Morgan fingerprint density at radius 1 is 0.773 bits per heavy atom. The molecule has 1 spiro atoms. The summed E-state index contributed by atoms with van der Waals surface area (Å²) in [7, 11) is 4.56. The van der Waals surface area contributed by atoms with Gasteiger partial charge >= 0.3 is 0 Å². The first-order valence-corrected chi connectivity index (χ1v) is 14.5. The second kappa shape index (κ2) is 10.2. The quantitative estimate of drug-likeness (QED) is 0.193. The van der Waals surface area contributed by atoms with Crippen molar-refractivity contribution in [1.82, 2.24) is 0 Å². The molecule has 1 fully saturated rings. The lowest BCUT2D eigenvalue weighted by molar-refractivity contribution is 0.0665. The molecule has 0 bridgehead atoms. The lowest BCUT2D eigenvalue weighted by Crippen LogP contribution is -2.48. The van der Waals surface area contributed by atoms with Crippen LogP contribution in [-0.2, 0) is 0 Å². The summed E-state index contributed by atoms with van der Waals surface area (Å²) in [5.74, 6) is -0.567. The van der Waals surface area contributed by atoms with Crippen molar-refractivity contribution in [3.63, 3.8) is 0 Å². The maximum absolute atomic E-state index is 14.9. The number of hydrogen-bond donors (Lipinski definition) is 0. The molecule has 2 aliphatic heterocycles. The van der Waals surface area contributed by atoms with E-state index in [0.29, 0.717) is 39.5 Å². The number of carbonyl (C=O) groups excluding carboxylic acids is 3. The zero-order chi connectivity index (χ0) is 30.7. The number of methoxy groups -OCH3 is 3. The summed E-state index contributed by atoms with van der Waals surface area (Å²) >= 11 is 0. The van der Waals surface area contributed by atoms with Crippen LogP contribution in [0.3, 0.4) is 0 Å². The molecule has 1 aliphatic carbocycles. The third-order valence-corrected chi connectivity index (χ3v) is 9.34. The number of carbonyl (C=O) groups is 3. The molecule has 4 aromatic rings. The third kappa shape index (κ3) is 3.65. The van der Waals surface area contributed by atoms with Gasteiger partial charge in [0.05, 0.1) is 27.4 Å². The van der Waals surface area contributed by atoms with Crippen molar-refractivity contribution in [2.75, 3.05) is 26.2 Å². The molecule has 7 heteroatoms. The second-order valence-electron chi connectivity index (χ2n) is 11.5. The Balaban J connectivity index is 1.59. The smallest absolute Gasteiger partial charge is 0.203 e. The summed E-state index contributed by atoms with van der Waals surface area (Å²) in [6.07, 6.45) is 3.88. The average molecular weight is 586 g/mol. The molecular formula is C37H31NO6. The van der Waals surface area contributed by atoms with Gasteiger partial charge in [0.15, 0.2) is 28.8 Å². The van der Waals surface area contributed by atoms with E-state index in [9.17, 15) is 14.4 Å². The van der Waals surface area contributed by atoms with Gasteiger partial charge in [0.2, 0.25) is 5.75 Å². The minimum atomic E-state index is -1.64. The third-order valence-electron chi connectivity index (χ3n) is 9.34. The lowest BCUT2D eigenvalue weighted by atomic mass is 9.64. The number of aryl methyl sites for hydroxylation is 1. The van der Waals surface area contributed by atoms with Crippen molar-refractivity contribution in [3.05, 3.63) is 124 Å². The standard InChI is InChI=1S/C37H31NO6/c1-21-14-15-22-16-17-30-37(35(40)25-12-8-9-13-26(25)36(37)41)31(24-19-28(42-2)34(44-4)29(20-24)43-3)32(38(30)27(22)18-21)33(39)23-10-6-5-7-11-23/h5-20,30-32H,1-4H3. The molecule has 3 atom stereocenters. The maximum atomic E-state index is 14.9. The van der Waals surface area contributed by atoms with Gasteiger partial charge < -0.3 is 19.1 Å². The van der Waals surface area contributed by atoms with Gasteiger partial charge in [0.25, 0.3) is 0 Å². The van der Waals surface area contributed by atoms with E-state index in [0.717, 1.165) is 16.8 Å². The van der Waals surface area contributed by atoms with Crippen LogP contribution in [-0.4, -0.2) is 50.8 Å². The highest BCUT2D eigenvalue weighted by Crippen LogP contribution is 2.62. The first-order chi connectivity index (χ1) is 21.4. The summed E-state index contributed by atoms with van der Waals surface area (Å²) < 4.78 is 17.1. The molecule has 0 radical (unpaired) electrons. The summed E-state index contributed by atoms with van der Waals surface area (Å²) in [5.41, 5.74) is 2.87. The molecule has 0 amide bonds. The van der Waals surface area contributed by atoms with Gasteiger partial charge in [-0.15, -0.1) is 0 Å². The Morgan fingerprint density at radius 2 is 1.39 bits per heavy atom. The van der Waals surface area contributed by atoms with E-state index >= 15 is 0 Å². The highest BCUT2D eigenvalue weighted by molar-refractivity contribution is 6.32. The summed E-state index contributed by atoms with van der Waals surface area (Å²) in [4.78, 5) is 46.7. The van der Waals surface area contributed by atoms with Gasteiger partial charge in [-0.25, -0.2) is 0 Å². The predicted octanol–water partition coefficient (Wildman–Crippen LogP) is 6.34. The molecule has 0 saturated carbocycles. The van der Waals surface area contributed by atoms with E-state index in [2.05, 4.69) is 0 Å². The fraction of sp³-hybridized carbons (Fsp3) is 0.216. The van der Waals surface area contributed by atoms with Gasteiger partial charge in [-0.3, -0.25) is 14.4 Å². The Hall–Kier alpha value is -5.17. The van der Waals surface area contributed by atoms with Crippen molar-refractivity contribution in [2.45, 2.75) is 24.9 Å². The zero-order valence-corrected chi connectivity index (χ0v) is 24.9. The number of ketones is 3. The number of ether oxygens (including phenoxy) is 3. The average Bonchev–Trinajstić information content (AvgIpc) is 3.50. The van der Waals surface area contributed by atoms with Crippen LogP contribution in [0.5, 0.6) is 17.2 Å². The number of anilines is 1. The van der Waals surface area contributed by atoms with Crippen molar-refractivity contribution >= 4 is 29.1 Å². The second-order valence-corrected chi connectivity index (χ2v) is 11.5. The molecule has 220 valence electrons. The molecule has 7 rings (SSSR count). The maximum Gasteiger partial charge on any atom is 0.203 e. The Bertz CT molecular complexity index is 1820. The number of Topliss-reactive ketones (excluding diaryl/α,β-unsaturated/α-hetero) is 3. The normalized spacial score (nSPS) is 20.7. The highest BCUT2D eigenvalue weighted by Gasteiger charge is 2.71. The molecule has 4 aromatic carbocycles. The Kier molecular flexibility index (Phi) is 6.43. The topological polar surface area (TPSA) is 82.1 Å². The summed E-state index contributed by atoms with van der Waals surface area (Å²) in [6.45, 7) is 1.99. The molecule has 3 unspecified atom stereocenters. The van der Waals surface area contributed by atoms with E-state index < -0.39 is 23.4 Å². The number of fused-ring (bicyclic) bond motifs is 5. The molecule has 3 aliphatic rings. The molecule has 2 heterocycles. The highest BCUT2D eigenvalue weighted by atomic mass is 16.5. The van der Waals surface area contributed by atoms with Crippen LogP contribution in [0.2, 0.25) is 0 Å². The fourth-order valence-electron chi connectivity index (χ4n) is 7.50. The summed E-state index contributed by atoms with van der Waals surface area (Å²) in [6, 6.07) is 23.9. The van der Waals surface area contributed by atoms with Crippen molar-refractivity contribution < 1.29 is 28.6 Å². The predicted molar refractivity (Wildman–Crippen MR) is 167 cm³/mol. The Labute approximate surface area is 255 Å². The van der Waals surface area contributed by atoms with Crippen LogP contribution in [0, 0.1) is 12.3 Å². The first-order valence-electron chi connectivity index (χ1n) is 14.5. The van der Waals surface area contributed by atoms with E-state index in [1.54, 1.807) is 48.5 Å². The van der Waals surface area contributed by atoms with Gasteiger partial charge in [-0.1, -0.05) is 78.9 Å².